The third-order valence-corrected chi connectivity index (χ3v) is 2.56. The lowest BCUT2D eigenvalue weighted by Gasteiger charge is -2.02. The van der Waals surface area contributed by atoms with Gasteiger partial charge in [-0.2, -0.15) is 0 Å². The van der Waals surface area contributed by atoms with Gasteiger partial charge >= 0.3 is 5.97 Å². The summed E-state index contributed by atoms with van der Waals surface area (Å²) >= 11 is 1.90. The molecule has 1 atom stereocenters. The average molecular weight is 279 g/mol. The Hall–Kier alpha value is -0.620. The monoisotopic (exact) mass is 279 g/mol. The maximum Gasteiger partial charge on any atom is 0.320 e. The van der Waals surface area contributed by atoms with E-state index in [1.165, 1.54) is 0 Å². The van der Waals surface area contributed by atoms with E-state index in [1.807, 2.05) is 52.9 Å². The fourth-order valence-corrected chi connectivity index (χ4v) is 1.18. The van der Waals surface area contributed by atoms with Crippen LogP contribution in [0.2, 0.25) is 0 Å². The molecule has 0 aromatic heterocycles. The van der Waals surface area contributed by atoms with E-state index >= 15 is 0 Å². The molecule has 4 heteroatoms. The molecule has 0 saturated heterocycles. The summed E-state index contributed by atoms with van der Waals surface area (Å²) in [5.74, 6) is -0.795. The van der Waals surface area contributed by atoms with Gasteiger partial charge in [-0.25, -0.2) is 0 Å². The molecule has 0 heterocycles. The van der Waals surface area contributed by atoms with Crippen LogP contribution in [-0.4, -0.2) is 11.1 Å². The Labute approximate surface area is 84.5 Å². The van der Waals surface area contributed by atoms with Gasteiger partial charge in [-0.15, -0.1) is 0 Å². The van der Waals surface area contributed by atoms with E-state index in [2.05, 4.69) is 0 Å². The number of hydrogen-bond donors (Lipinski definition) is 2. The highest BCUT2D eigenvalue weighted by molar-refractivity contribution is 14.1. The molecule has 12 heavy (non-hydrogen) atoms. The third kappa shape index (κ3) is 2.78. The van der Waals surface area contributed by atoms with Crippen LogP contribution in [0.4, 0.5) is 0 Å². The van der Waals surface area contributed by atoms with Crippen LogP contribution in [0, 0.1) is 0 Å². The molecule has 0 aliphatic rings. The lowest BCUT2D eigenvalue weighted by molar-refractivity contribution is -0.136. The van der Waals surface area contributed by atoms with Crippen LogP contribution in [0.15, 0.2) is 30.3 Å². The zero-order chi connectivity index (χ0) is 8.27. The van der Waals surface area contributed by atoms with Crippen LogP contribution in [0.25, 0.3) is 0 Å². The summed E-state index contributed by atoms with van der Waals surface area (Å²) in [5, 5.41) is 8.63. The number of hydrogen-bond acceptors (Lipinski definition) is 2. The van der Waals surface area contributed by atoms with Gasteiger partial charge in [-0.05, 0) is 5.56 Å². The first-order chi connectivity index (χ1) is 5.22. The number of carbonyl (C=O) groups is 1. The van der Waals surface area contributed by atoms with Gasteiger partial charge in [-0.1, -0.05) is 52.9 Å². The largest absolute Gasteiger partial charge is 0.480 e. The van der Waals surface area contributed by atoms with Crippen LogP contribution in [0.3, 0.4) is 0 Å². The highest BCUT2D eigenvalue weighted by Gasteiger charge is 2.13. The van der Waals surface area contributed by atoms with Gasteiger partial charge in [0.25, 0.3) is 0 Å². The molecule has 1 rings (SSSR count). The number of rotatable bonds is 2. The summed E-state index contributed by atoms with van der Waals surface area (Å²) in [4.78, 5) is 10.5. The second-order valence-electron chi connectivity index (χ2n) is 2.11. The highest BCUT2D eigenvalue weighted by Crippen LogP contribution is 2.22. The van der Waals surface area contributed by atoms with Crippen LogP contribution >= 0.6 is 22.6 Å². The Kier molecular flexibility index (Phi) is 4.84. The summed E-state index contributed by atoms with van der Waals surface area (Å²) in [6.45, 7) is 0. The SMILES string of the molecule is N.O=C(O)C(I)c1ccccc1. The molecular weight excluding hydrogens is 269 g/mol. The van der Waals surface area contributed by atoms with Gasteiger partial charge in [-0.3, -0.25) is 4.79 Å². The van der Waals surface area contributed by atoms with Crippen molar-refractivity contribution in [3.8, 4) is 0 Å². The van der Waals surface area contributed by atoms with Crippen molar-refractivity contribution < 1.29 is 9.90 Å². The Morgan fingerprint density at radius 3 is 2.25 bits per heavy atom. The molecule has 1 aromatic carbocycles. The molecule has 66 valence electrons. The van der Waals surface area contributed by atoms with Gasteiger partial charge < -0.3 is 11.3 Å². The summed E-state index contributed by atoms with van der Waals surface area (Å²) in [6.07, 6.45) is 0. The smallest absolute Gasteiger partial charge is 0.320 e. The molecule has 0 amide bonds. The molecule has 0 aliphatic heterocycles. The minimum absolute atomic E-state index is 0. The van der Waals surface area contributed by atoms with Crippen molar-refractivity contribution in [1.29, 1.82) is 0 Å². The number of benzene rings is 1. The van der Waals surface area contributed by atoms with Gasteiger partial charge in [0.05, 0.1) is 0 Å². The summed E-state index contributed by atoms with van der Waals surface area (Å²) < 4.78 is -0.436. The number of carboxylic acids is 1. The van der Waals surface area contributed by atoms with E-state index in [0.29, 0.717) is 0 Å². The standard InChI is InChI=1S/C8H7IO2.H3N/c9-7(8(10)11)6-4-2-1-3-5-6;/h1-5,7H,(H,10,11);1H3. The fourth-order valence-electron chi connectivity index (χ4n) is 0.765. The summed E-state index contributed by atoms with van der Waals surface area (Å²) in [5.41, 5.74) is 0.834. The molecule has 0 fully saturated rings. The van der Waals surface area contributed by atoms with Crippen LogP contribution in [0.1, 0.15) is 9.49 Å². The molecule has 1 aromatic rings. The maximum atomic E-state index is 10.5. The van der Waals surface area contributed by atoms with Gasteiger partial charge in [0.15, 0.2) is 0 Å². The summed E-state index contributed by atoms with van der Waals surface area (Å²) in [7, 11) is 0. The minimum Gasteiger partial charge on any atom is -0.480 e. The number of alkyl halides is 1. The molecule has 0 spiro atoms. The first-order valence-corrected chi connectivity index (χ1v) is 4.38. The normalized spacial score (nSPS) is 11.4. The minimum atomic E-state index is -0.795. The Morgan fingerprint density at radius 2 is 1.83 bits per heavy atom. The van der Waals surface area contributed by atoms with Gasteiger partial charge in [0.1, 0.15) is 3.92 Å². The molecule has 1 unspecified atom stereocenters. The van der Waals surface area contributed by atoms with Crippen molar-refractivity contribution in [2.24, 2.45) is 0 Å². The molecule has 0 bridgehead atoms. The van der Waals surface area contributed by atoms with E-state index in [9.17, 15) is 4.79 Å². The Bertz CT molecular complexity index is 250. The highest BCUT2D eigenvalue weighted by atomic mass is 127. The predicted molar refractivity (Wildman–Crippen MR) is 55.9 cm³/mol. The summed E-state index contributed by atoms with van der Waals surface area (Å²) in [6, 6.07) is 9.17. The van der Waals surface area contributed by atoms with Gasteiger partial charge in [0.2, 0.25) is 0 Å². The zero-order valence-electron chi connectivity index (χ0n) is 6.40. The van der Waals surface area contributed by atoms with E-state index in [-0.39, 0.29) is 6.15 Å². The number of carboxylic acid groups (broad SMARTS) is 1. The molecular formula is C8H10INO2. The van der Waals surface area contributed by atoms with E-state index < -0.39 is 9.89 Å². The first kappa shape index (κ1) is 11.4. The predicted octanol–water partition coefficient (Wildman–Crippen LogP) is 2.41. The topological polar surface area (TPSA) is 72.3 Å². The molecule has 0 radical (unpaired) electrons. The van der Waals surface area contributed by atoms with Crippen molar-refractivity contribution in [3.05, 3.63) is 35.9 Å². The van der Waals surface area contributed by atoms with Crippen molar-refractivity contribution in [2.75, 3.05) is 0 Å². The Morgan fingerprint density at radius 1 is 1.33 bits per heavy atom. The third-order valence-electron chi connectivity index (χ3n) is 1.31. The maximum absolute atomic E-state index is 10.5. The van der Waals surface area contributed by atoms with Crippen molar-refractivity contribution in [3.63, 3.8) is 0 Å². The number of aliphatic carboxylic acids is 1. The van der Waals surface area contributed by atoms with Crippen LogP contribution in [0.5, 0.6) is 0 Å². The second-order valence-corrected chi connectivity index (χ2v) is 3.36. The second kappa shape index (κ2) is 5.10. The van der Waals surface area contributed by atoms with Crippen molar-refractivity contribution in [1.82, 2.24) is 6.15 Å². The molecule has 0 aliphatic carbocycles. The van der Waals surface area contributed by atoms with Crippen molar-refractivity contribution >= 4 is 28.6 Å². The number of halogens is 1. The lowest BCUT2D eigenvalue weighted by atomic mass is 10.2. The van der Waals surface area contributed by atoms with E-state index in [0.717, 1.165) is 5.56 Å². The average Bonchev–Trinajstić information content (AvgIpc) is 2.05. The van der Waals surface area contributed by atoms with Crippen molar-refractivity contribution in [2.45, 2.75) is 3.92 Å². The van der Waals surface area contributed by atoms with E-state index in [1.54, 1.807) is 0 Å². The van der Waals surface area contributed by atoms with Gasteiger partial charge in [0, 0.05) is 0 Å². The van der Waals surface area contributed by atoms with E-state index in [4.69, 9.17) is 5.11 Å². The first-order valence-electron chi connectivity index (χ1n) is 3.13. The van der Waals surface area contributed by atoms with Crippen LogP contribution < -0.4 is 6.15 Å². The quantitative estimate of drug-likeness (QED) is 0.645. The Balaban J connectivity index is 0.00000121. The fraction of sp³-hybridized carbons (Fsp3) is 0.125. The zero-order valence-corrected chi connectivity index (χ0v) is 8.56. The lowest BCUT2D eigenvalue weighted by Crippen LogP contribution is -2.03. The molecule has 4 N–H and O–H groups in total. The molecule has 0 saturated carbocycles. The van der Waals surface area contributed by atoms with Crippen LogP contribution in [-0.2, 0) is 4.79 Å². The molecule has 3 nitrogen and oxygen atoms in total.